The average Bonchev–Trinajstić information content (AvgIpc) is 2.25. The van der Waals surface area contributed by atoms with Gasteiger partial charge in [0.05, 0.1) is 5.41 Å². The summed E-state index contributed by atoms with van der Waals surface area (Å²) in [6.45, 7) is 12.4. The lowest BCUT2D eigenvalue weighted by Crippen LogP contribution is -2.49. The van der Waals surface area contributed by atoms with Crippen molar-refractivity contribution in [2.75, 3.05) is 32.8 Å². The Kier molecular flexibility index (Phi) is 4.74. The lowest BCUT2D eigenvalue weighted by molar-refractivity contribution is -0.154. The van der Waals surface area contributed by atoms with E-state index in [-0.39, 0.29) is 5.97 Å². The first-order valence-electron chi connectivity index (χ1n) is 6.03. The van der Waals surface area contributed by atoms with Crippen molar-refractivity contribution in [2.45, 2.75) is 33.7 Å². The summed E-state index contributed by atoms with van der Waals surface area (Å²) in [5, 5.41) is 3.31. The lowest BCUT2D eigenvalue weighted by atomic mass is 9.97. The zero-order chi connectivity index (χ0) is 12.2. The van der Waals surface area contributed by atoms with Crippen molar-refractivity contribution >= 4 is 5.97 Å². The van der Waals surface area contributed by atoms with Gasteiger partial charge in [-0.25, -0.2) is 0 Å². The highest BCUT2D eigenvalue weighted by Crippen LogP contribution is 2.15. The monoisotopic (exact) mass is 228 g/mol. The molecule has 0 saturated carbocycles. The van der Waals surface area contributed by atoms with Crippen LogP contribution in [-0.4, -0.2) is 49.7 Å². The first-order chi connectivity index (χ1) is 7.41. The Bertz CT molecular complexity index is 230. The molecule has 0 aromatic carbocycles. The molecule has 0 aromatic heterocycles. The number of piperazine rings is 1. The summed E-state index contributed by atoms with van der Waals surface area (Å²) in [6, 6.07) is 0.313. The molecule has 0 aromatic rings. The maximum Gasteiger partial charge on any atom is 0.311 e. The number of hydrogen-bond acceptors (Lipinski definition) is 4. The van der Waals surface area contributed by atoms with Gasteiger partial charge in [0, 0.05) is 32.2 Å². The molecule has 0 amide bonds. The van der Waals surface area contributed by atoms with Crippen molar-refractivity contribution in [2.24, 2.45) is 5.41 Å². The molecule has 0 bridgehead atoms. The summed E-state index contributed by atoms with van der Waals surface area (Å²) in [5.41, 5.74) is -0.400. The summed E-state index contributed by atoms with van der Waals surface area (Å²) in [5.74, 6) is -0.116. The Hall–Kier alpha value is -0.610. The molecular weight excluding hydrogens is 204 g/mol. The van der Waals surface area contributed by atoms with Gasteiger partial charge in [0.25, 0.3) is 0 Å². The van der Waals surface area contributed by atoms with E-state index in [1.54, 1.807) is 0 Å². The Balaban J connectivity index is 2.29. The molecular formula is C12H24N2O2. The molecule has 1 heterocycles. The molecule has 1 atom stereocenters. The Morgan fingerprint density at radius 3 is 2.44 bits per heavy atom. The summed E-state index contributed by atoms with van der Waals surface area (Å²) in [6.07, 6.45) is 0. The number of carbonyl (C=O) groups is 1. The molecule has 1 fully saturated rings. The van der Waals surface area contributed by atoms with E-state index in [4.69, 9.17) is 4.74 Å². The quantitative estimate of drug-likeness (QED) is 0.728. The maximum absolute atomic E-state index is 11.6. The molecule has 94 valence electrons. The van der Waals surface area contributed by atoms with E-state index < -0.39 is 5.41 Å². The van der Waals surface area contributed by atoms with Gasteiger partial charge in [-0.05, 0) is 27.7 Å². The minimum absolute atomic E-state index is 0.116. The summed E-state index contributed by atoms with van der Waals surface area (Å²) in [4.78, 5) is 14.0. The minimum atomic E-state index is -0.400. The van der Waals surface area contributed by atoms with E-state index in [0.29, 0.717) is 12.6 Å². The second kappa shape index (κ2) is 5.64. The molecule has 16 heavy (non-hydrogen) atoms. The fourth-order valence-electron chi connectivity index (χ4n) is 1.64. The highest BCUT2D eigenvalue weighted by molar-refractivity contribution is 5.75. The van der Waals surface area contributed by atoms with Gasteiger partial charge in [-0.2, -0.15) is 0 Å². The van der Waals surface area contributed by atoms with Crippen LogP contribution in [-0.2, 0) is 9.53 Å². The smallest absolute Gasteiger partial charge is 0.311 e. The van der Waals surface area contributed by atoms with E-state index in [1.807, 2.05) is 20.8 Å². The largest absolute Gasteiger partial charge is 0.464 e. The van der Waals surface area contributed by atoms with Crippen LogP contribution in [0.25, 0.3) is 0 Å². The van der Waals surface area contributed by atoms with Crippen LogP contribution in [0.2, 0.25) is 0 Å². The lowest BCUT2D eigenvalue weighted by Gasteiger charge is -2.32. The SMILES string of the molecule is CC(COC(=O)C(C)(C)C)N1CCNCC1. The van der Waals surface area contributed by atoms with Crippen LogP contribution in [0.1, 0.15) is 27.7 Å². The number of rotatable bonds is 3. The van der Waals surface area contributed by atoms with Crippen LogP contribution in [0.15, 0.2) is 0 Å². The van der Waals surface area contributed by atoms with Gasteiger partial charge in [-0.3, -0.25) is 9.69 Å². The van der Waals surface area contributed by atoms with E-state index in [1.165, 1.54) is 0 Å². The van der Waals surface area contributed by atoms with Gasteiger partial charge in [0.2, 0.25) is 0 Å². The van der Waals surface area contributed by atoms with Gasteiger partial charge in [0.15, 0.2) is 0 Å². The molecule has 1 aliphatic heterocycles. The summed E-state index contributed by atoms with van der Waals surface area (Å²) in [7, 11) is 0. The molecule has 1 unspecified atom stereocenters. The summed E-state index contributed by atoms with van der Waals surface area (Å²) >= 11 is 0. The highest BCUT2D eigenvalue weighted by Gasteiger charge is 2.25. The van der Waals surface area contributed by atoms with E-state index >= 15 is 0 Å². The van der Waals surface area contributed by atoms with E-state index in [0.717, 1.165) is 26.2 Å². The maximum atomic E-state index is 11.6. The molecule has 0 radical (unpaired) electrons. The topological polar surface area (TPSA) is 41.6 Å². The number of nitrogens with zero attached hydrogens (tertiary/aromatic N) is 1. The van der Waals surface area contributed by atoms with Crippen molar-refractivity contribution in [1.82, 2.24) is 10.2 Å². The van der Waals surface area contributed by atoms with Crippen molar-refractivity contribution in [3.63, 3.8) is 0 Å². The minimum Gasteiger partial charge on any atom is -0.464 e. The Labute approximate surface area is 98.3 Å². The second-order valence-electron chi connectivity index (χ2n) is 5.48. The van der Waals surface area contributed by atoms with Crippen molar-refractivity contribution in [1.29, 1.82) is 0 Å². The number of nitrogens with one attached hydrogen (secondary N) is 1. The van der Waals surface area contributed by atoms with E-state index in [9.17, 15) is 4.79 Å². The molecule has 1 rings (SSSR count). The standard InChI is InChI=1S/C12H24N2O2/c1-10(14-7-5-13-6-8-14)9-16-11(15)12(2,3)4/h10,13H,5-9H2,1-4H3. The molecule has 1 N–H and O–H groups in total. The van der Waals surface area contributed by atoms with Gasteiger partial charge in [0.1, 0.15) is 6.61 Å². The fourth-order valence-corrected chi connectivity index (χ4v) is 1.64. The number of hydrogen-bond donors (Lipinski definition) is 1. The zero-order valence-corrected chi connectivity index (χ0v) is 10.9. The normalized spacial score (nSPS) is 20.5. The third kappa shape index (κ3) is 4.10. The first-order valence-corrected chi connectivity index (χ1v) is 6.03. The Morgan fingerprint density at radius 2 is 1.94 bits per heavy atom. The van der Waals surface area contributed by atoms with Gasteiger partial charge in [-0.1, -0.05) is 0 Å². The zero-order valence-electron chi connectivity index (χ0n) is 10.9. The van der Waals surface area contributed by atoms with Crippen molar-refractivity contribution < 1.29 is 9.53 Å². The van der Waals surface area contributed by atoms with E-state index in [2.05, 4.69) is 17.1 Å². The van der Waals surface area contributed by atoms with Crippen LogP contribution in [0, 0.1) is 5.41 Å². The van der Waals surface area contributed by atoms with Gasteiger partial charge in [-0.15, -0.1) is 0 Å². The van der Waals surface area contributed by atoms with Crippen LogP contribution < -0.4 is 5.32 Å². The third-order valence-electron chi connectivity index (χ3n) is 2.84. The second-order valence-corrected chi connectivity index (χ2v) is 5.48. The molecule has 0 aliphatic carbocycles. The third-order valence-corrected chi connectivity index (χ3v) is 2.84. The molecule has 1 saturated heterocycles. The summed E-state index contributed by atoms with van der Waals surface area (Å²) < 4.78 is 5.32. The Morgan fingerprint density at radius 1 is 1.38 bits per heavy atom. The van der Waals surface area contributed by atoms with Crippen molar-refractivity contribution in [3.05, 3.63) is 0 Å². The van der Waals surface area contributed by atoms with Crippen LogP contribution in [0.5, 0.6) is 0 Å². The predicted octanol–water partition coefficient (Wildman–Crippen LogP) is 0.869. The first kappa shape index (κ1) is 13.5. The van der Waals surface area contributed by atoms with Crippen LogP contribution in [0.3, 0.4) is 0 Å². The fraction of sp³-hybridized carbons (Fsp3) is 0.917. The predicted molar refractivity (Wildman–Crippen MR) is 64.3 cm³/mol. The number of carbonyl (C=O) groups excluding carboxylic acids is 1. The molecule has 4 heteroatoms. The number of esters is 1. The average molecular weight is 228 g/mol. The van der Waals surface area contributed by atoms with Gasteiger partial charge < -0.3 is 10.1 Å². The van der Waals surface area contributed by atoms with Crippen LogP contribution >= 0.6 is 0 Å². The van der Waals surface area contributed by atoms with Crippen molar-refractivity contribution in [3.8, 4) is 0 Å². The molecule has 1 aliphatic rings. The highest BCUT2D eigenvalue weighted by atomic mass is 16.5. The van der Waals surface area contributed by atoms with Crippen LogP contribution in [0.4, 0.5) is 0 Å². The van der Waals surface area contributed by atoms with Gasteiger partial charge >= 0.3 is 5.97 Å². The molecule has 4 nitrogen and oxygen atoms in total. The number of ether oxygens (including phenoxy) is 1. The molecule has 0 spiro atoms.